The highest BCUT2D eigenvalue weighted by Crippen LogP contribution is 2.30. The topological polar surface area (TPSA) is 35.3 Å². The average Bonchev–Trinajstić information content (AvgIpc) is 2.63. The highest BCUT2D eigenvalue weighted by atomic mass is 79.9. The molecule has 3 nitrogen and oxygen atoms in total. The summed E-state index contributed by atoms with van der Waals surface area (Å²) in [7, 11) is 0. The van der Waals surface area contributed by atoms with Gasteiger partial charge < -0.3 is 9.15 Å². The van der Waals surface area contributed by atoms with E-state index in [1.54, 1.807) is 0 Å². The highest BCUT2D eigenvalue weighted by Gasteiger charge is 2.12. The molecule has 15 heavy (non-hydrogen) atoms. The first kappa shape index (κ1) is 10.2. The number of rotatable bonds is 3. The van der Waals surface area contributed by atoms with Gasteiger partial charge in [-0.25, -0.2) is 0 Å². The summed E-state index contributed by atoms with van der Waals surface area (Å²) in [5.74, 6) is 0.988. The molecule has 0 aliphatic rings. The van der Waals surface area contributed by atoms with Crippen LogP contribution in [-0.2, 0) is 0 Å². The molecule has 0 spiro atoms. The second-order valence-corrected chi connectivity index (χ2v) is 3.65. The van der Waals surface area contributed by atoms with Gasteiger partial charge in [-0.2, -0.15) is 4.98 Å². The second-order valence-electron chi connectivity index (χ2n) is 2.90. The number of halogens is 1. The van der Waals surface area contributed by atoms with Crippen molar-refractivity contribution in [2.75, 3.05) is 6.61 Å². The summed E-state index contributed by atoms with van der Waals surface area (Å²) in [4.78, 5) is 4.22. The molecule has 0 unspecified atom stereocenters. The van der Waals surface area contributed by atoms with Gasteiger partial charge in [-0.05, 0) is 35.0 Å². The van der Waals surface area contributed by atoms with Crippen LogP contribution in [0.5, 0.6) is 5.95 Å². The average molecular weight is 268 g/mol. The molecule has 1 heterocycles. The molecule has 2 rings (SSSR count). The molecule has 4 heteroatoms. The van der Waals surface area contributed by atoms with E-state index in [1.807, 2.05) is 37.3 Å². The molecule has 1 aromatic heterocycles. The van der Waals surface area contributed by atoms with E-state index < -0.39 is 0 Å². The second kappa shape index (κ2) is 4.49. The third-order valence-electron chi connectivity index (χ3n) is 1.85. The molecule has 0 aliphatic carbocycles. The van der Waals surface area contributed by atoms with Crippen LogP contribution >= 0.6 is 15.9 Å². The molecule has 0 atom stereocenters. The van der Waals surface area contributed by atoms with Crippen molar-refractivity contribution in [3.63, 3.8) is 0 Å². The first-order valence-corrected chi connectivity index (χ1v) is 5.45. The lowest BCUT2D eigenvalue weighted by Crippen LogP contribution is -1.89. The Balaban J connectivity index is 2.34. The molecular formula is C11H10BrNO2. The molecule has 0 N–H and O–H groups in total. The van der Waals surface area contributed by atoms with Crippen LogP contribution in [0.4, 0.5) is 0 Å². The Morgan fingerprint density at radius 1 is 1.33 bits per heavy atom. The van der Waals surface area contributed by atoms with Crippen molar-refractivity contribution in [1.29, 1.82) is 0 Å². The van der Waals surface area contributed by atoms with Gasteiger partial charge in [-0.1, -0.05) is 18.2 Å². The van der Waals surface area contributed by atoms with Crippen LogP contribution in [-0.4, -0.2) is 11.6 Å². The SMILES string of the molecule is CCOc1oc(-c2ccccc2)nc1Br. The van der Waals surface area contributed by atoms with Crippen molar-refractivity contribution in [2.24, 2.45) is 0 Å². The zero-order chi connectivity index (χ0) is 10.7. The van der Waals surface area contributed by atoms with Crippen LogP contribution in [0.15, 0.2) is 39.4 Å². The van der Waals surface area contributed by atoms with E-state index in [9.17, 15) is 0 Å². The van der Waals surface area contributed by atoms with E-state index in [0.717, 1.165) is 5.56 Å². The smallest absolute Gasteiger partial charge is 0.320 e. The highest BCUT2D eigenvalue weighted by molar-refractivity contribution is 9.10. The largest absolute Gasteiger partial charge is 0.463 e. The van der Waals surface area contributed by atoms with Crippen LogP contribution in [0.3, 0.4) is 0 Å². The molecule has 1 aromatic carbocycles. The quantitative estimate of drug-likeness (QED) is 0.854. The van der Waals surface area contributed by atoms with Gasteiger partial charge in [0.1, 0.15) is 0 Å². The zero-order valence-corrected chi connectivity index (χ0v) is 9.82. The molecule has 0 saturated heterocycles. The Hall–Kier alpha value is -1.29. The summed E-state index contributed by atoms with van der Waals surface area (Å²) in [6, 6.07) is 9.70. The lowest BCUT2D eigenvalue weighted by molar-refractivity contribution is 0.258. The maximum Gasteiger partial charge on any atom is 0.320 e. The Labute approximate surface area is 96.2 Å². The maximum atomic E-state index is 5.46. The molecule has 0 fully saturated rings. The molecule has 0 amide bonds. The molecule has 0 radical (unpaired) electrons. The third kappa shape index (κ3) is 2.21. The van der Waals surface area contributed by atoms with Crippen molar-refractivity contribution in [1.82, 2.24) is 4.98 Å². The fraction of sp³-hybridized carbons (Fsp3) is 0.182. The van der Waals surface area contributed by atoms with Gasteiger partial charge in [0, 0.05) is 5.56 Å². The summed E-state index contributed by atoms with van der Waals surface area (Å²) >= 11 is 3.29. The van der Waals surface area contributed by atoms with E-state index in [0.29, 0.717) is 23.0 Å². The van der Waals surface area contributed by atoms with Crippen LogP contribution in [0.1, 0.15) is 6.92 Å². The minimum absolute atomic E-state index is 0.427. The maximum absolute atomic E-state index is 5.46. The summed E-state index contributed by atoms with van der Waals surface area (Å²) in [5, 5.41) is 0. The number of hydrogen-bond donors (Lipinski definition) is 0. The minimum atomic E-state index is 0.427. The summed E-state index contributed by atoms with van der Waals surface area (Å²) in [6.07, 6.45) is 0. The molecule has 2 aromatic rings. The monoisotopic (exact) mass is 267 g/mol. The van der Waals surface area contributed by atoms with Gasteiger partial charge >= 0.3 is 5.95 Å². The van der Waals surface area contributed by atoms with Crippen LogP contribution in [0, 0.1) is 0 Å². The van der Waals surface area contributed by atoms with Gasteiger partial charge in [-0.3, -0.25) is 0 Å². The van der Waals surface area contributed by atoms with Crippen molar-refractivity contribution < 1.29 is 9.15 Å². The lowest BCUT2D eigenvalue weighted by Gasteiger charge is -1.96. The molecule has 78 valence electrons. The summed E-state index contributed by atoms with van der Waals surface area (Å²) in [6.45, 7) is 2.46. The number of nitrogens with zero attached hydrogens (tertiary/aromatic N) is 1. The number of benzene rings is 1. The van der Waals surface area contributed by atoms with Crippen molar-refractivity contribution in [3.8, 4) is 17.4 Å². The Bertz CT molecular complexity index is 439. The van der Waals surface area contributed by atoms with Gasteiger partial charge in [-0.15, -0.1) is 0 Å². The van der Waals surface area contributed by atoms with Gasteiger partial charge in [0.2, 0.25) is 5.89 Å². The third-order valence-corrected chi connectivity index (χ3v) is 2.35. The van der Waals surface area contributed by atoms with Crippen molar-refractivity contribution in [3.05, 3.63) is 34.9 Å². The van der Waals surface area contributed by atoms with E-state index in [2.05, 4.69) is 20.9 Å². The number of oxazole rings is 1. The zero-order valence-electron chi connectivity index (χ0n) is 8.24. The van der Waals surface area contributed by atoms with Crippen molar-refractivity contribution >= 4 is 15.9 Å². The summed E-state index contributed by atoms with van der Waals surface area (Å²) in [5.41, 5.74) is 0.934. The molecule has 0 aliphatic heterocycles. The molecular weight excluding hydrogens is 258 g/mol. The van der Waals surface area contributed by atoms with Crippen LogP contribution < -0.4 is 4.74 Å². The van der Waals surface area contributed by atoms with E-state index in [-0.39, 0.29) is 0 Å². The molecule has 0 bridgehead atoms. The van der Waals surface area contributed by atoms with Crippen LogP contribution in [0.2, 0.25) is 0 Å². The predicted molar refractivity (Wildman–Crippen MR) is 60.8 cm³/mol. The standard InChI is InChI=1S/C11H10BrNO2/c1-2-14-11-9(12)13-10(15-11)8-6-4-3-5-7-8/h3-7H,2H2,1H3. The van der Waals surface area contributed by atoms with E-state index in [1.165, 1.54) is 0 Å². The first-order valence-electron chi connectivity index (χ1n) is 4.66. The first-order chi connectivity index (χ1) is 7.31. The molecule has 0 saturated carbocycles. The Kier molecular flexibility index (Phi) is 3.06. The number of hydrogen-bond acceptors (Lipinski definition) is 3. The van der Waals surface area contributed by atoms with Gasteiger partial charge in [0.15, 0.2) is 4.60 Å². The normalized spacial score (nSPS) is 10.3. The Morgan fingerprint density at radius 3 is 2.73 bits per heavy atom. The minimum Gasteiger partial charge on any atom is -0.463 e. The number of ether oxygens (including phenoxy) is 1. The van der Waals surface area contributed by atoms with Gasteiger partial charge in [0.05, 0.1) is 6.61 Å². The van der Waals surface area contributed by atoms with E-state index in [4.69, 9.17) is 9.15 Å². The summed E-state index contributed by atoms with van der Waals surface area (Å²) < 4.78 is 11.3. The lowest BCUT2D eigenvalue weighted by atomic mass is 10.2. The predicted octanol–water partition coefficient (Wildman–Crippen LogP) is 3.50. The van der Waals surface area contributed by atoms with Gasteiger partial charge in [0.25, 0.3) is 0 Å². The van der Waals surface area contributed by atoms with Crippen LogP contribution in [0.25, 0.3) is 11.5 Å². The fourth-order valence-electron chi connectivity index (χ4n) is 1.21. The number of aromatic nitrogens is 1. The fourth-order valence-corrected chi connectivity index (χ4v) is 1.57. The Morgan fingerprint density at radius 2 is 2.07 bits per heavy atom. The van der Waals surface area contributed by atoms with E-state index >= 15 is 0 Å². The van der Waals surface area contributed by atoms with Crippen molar-refractivity contribution in [2.45, 2.75) is 6.92 Å².